The molecule has 0 N–H and O–H groups in total. The summed E-state index contributed by atoms with van der Waals surface area (Å²) in [6.45, 7) is 0. The molecule has 0 saturated heterocycles. The van der Waals surface area contributed by atoms with Gasteiger partial charge in [-0.2, -0.15) is 0 Å². The molecular weight excluding hydrogens is 336 g/mol. The number of hydrogen-bond acceptors (Lipinski definition) is 6. The fraction of sp³-hybridized carbons (Fsp3) is 0. The normalized spacial score (nSPS) is 11.8. The minimum absolute atomic E-state index is 0.117. The first-order valence-electron chi connectivity index (χ1n) is 5.46. The van der Waals surface area contributed by atoms with E-state index in [2.05, 4.69) is 9.97 Å². The number of benzene rings is 1. The first kappa shape index (κ1) is 13.8. The molecule has 4 nitrogen and oxygen atoms in total. The van der Waals surface area contributed by atoms with Gasteiger partial charge in [-0.05, 0) is 24.3 Å². The number of nitrogens with zero attached hydrogens (tertiary/aromatic N) is 2. The lowest BCUT2D eigenvalue weighted by atomic mass is 10.3. The molecule has 0 unspecified atom stereocenters. The standard InChI is InChI=1S/C12H7ClN2O2S3/c13-11-6-5-8(7-14-11)20(16,17)19-12-15-9-3-1-2-4-10(9)18-12/h1-7H. The maximum absolute atomic E-state index is 12.2. The van der Waals surface area contributed by atoms with Gasteiger partial charge in [0.05, 0.1) is 15.1 Å². The fourth-order valence-corrected chi connectivity index (χ4v) is 5.96. The van der Waals surface area contributed by atoms with E-state index < -0.39 is 8.87 Å². The van der Waals surface area contributed by atoms with Crippen LogP contribution in [0.15, 0.2) is 51.8 Å². The van der Waals surface area contributed by atoms with Gasteiger partial charge in [0.15, 0.2) is 4.34 Å². The third-order valence-corrected chi connectivity index (χ3v) is 7.30. The Balaban J connectivity index is 1.94. The summed E-state index contributed by atoms with van der Waals surface area (Å²) in [5.74, 6) is 0. The molecule has 0 spiro atoms. The van der Waals surface area contributed by atoms with Crippen LogP contribution in [0.3, 0.4) is 0 Å². The lowest BCUT2D eigenvalue weighted by molar-refractivity contribution is 0.610. The number of pyridine rings is 1. The van der Waals surface area contributed by atoms with Crippen LogP contribution in [0.25, 0.3) is 10.2 Å². The number of aromatic nitrogens is 2. The Morgan fingerprint density at radius 1 is 1.15 bits per heavy atom. The van der Waals surface area contributed by atoms with Crippen LogP contribution in [0, 0.1) is 0 Å². The second-order valence-corrected chi connectivity index (χ2v) is 9.23. The molecule has 3 aromatic rings. The van der Waals surface area contributed by atoms with Crippen molar-refractivity contribution in [3.05, 3.63) is 47.7 Å². The van der Waals surface area contributed by atoms with E-state index in [1.807, 2.05) is 24.3 Å². The van der Waals surface area contributed by atoms with Crippen molar-refractivity contribution >= 4 is 52.8 Å². The van der Waals surface area contributed by atoms with Crippen LogP contribution in [0.4, 0.5) is 0 Å². The van der Waals surface area contributed by atoms with Crippen molar-refractivity contribution in [1.82, 2.24) is 9.97 Å². The van der Waals surface area contributed by atoms with Crippen LogP contribution < -0.4 is 0 Å². The zero-order valence-electron chi connectivity index (χ0n) is 9.86. The van der Waals surface area contributed by atoms with E-state index in [9.17, 15) is 8.42 Å². The average Bonchev–Trinajstić information content (AvgIpc) is 2.80. The van der Waals surface area contributed by atoms with Crippen molar-refractivity contribution in [3.63, 3.8) is 0 Å². The number of halogens is 1. The Bertz CT molecular complexity index is 827. The molecule has 102 valence electrons. The van der Waals surface area contributed by atoms with E-state index in [-0.39, 0.29) is 10.0 Å². The topological polar surface area (TPSA) is 59.9 Å². The van der Waals surface area contributed by atoms with Gasteiger partial charge in [-0.1, -0.05) is 23.7 Å². The van der Waals surface area contributed by atoms with Crippen molar-refractivity contribution in [2.24, 2.45) is 0 Å². The number of hydrogen-bond donors (Lipinski definition) is 0. The highest BCUT2D eigenvalue weighted by molar-refractivity contribution is 8.72. The Labute approximate surface area is 128 Å². The third kappa shape index (κ3) is 2.80. The molecule has 0 saturated carbocycles. The average molecular weight is 343 g/mol. The van der Waals surface area contributed by atoms with Gasteiger partial charge in [0, 0.05) is 17.0 Å². The van der Waals surface area contributed by atoms with Gasteiger partial charge in [-0.3, -0.25) is 0 Å². The molecule has 0 aliphatic heterocycles. The van der Waals surface area contributed by atoms with Crippen LogP contribution in [-0.4, -0.2) is 18.4 Å². The number of para-hydroxylation sites is 1. The summed E-state index contributed by atoms with van der Waals surface area (Å²) >= 11 is 7.00. The zero-order valence-corrected chi connectivity index (χ0v) is 13.1. The molecule has 2 heterocycles. The Hall–Kier alpha value is -1.15. The van der Waals surface area contributed by atoms with Crippen LogP contribution in [0.1, 0.15) is 0 Å². The Kier molecular flexibility index (Phi) is 3.68. The van der Waals surface area contributed by atoms with Gasteiger partial charge >= 0.3 is 0 Å². The number of fused-ring (bicyclic) bond motifs is 1. The van der Waals surface area contributed by atoms with Crippen LogP contribution in [0.5, 0.6) is 0 Å². The summed E-state index contributed by atoms with van der Waals surface area (Å²) in [5.41, 5.74) is 0.796. The smallest absolute Gasteiger partial charge is 0.238 e. The fourth-order valence-electron chi connectivity index (χ4n) is 1.54. The molecule has 0 aliphatic carbocycles. The summed E-state index contributed by atoms with van der Waals surface area (Å²) in [7, 11) is -2.81. The summed E-state index contributed by atoms with van der Waals surface area (Å²) in [6.07, 6.45) is 1.25. The highest BCUT2D eigenvalue weighted by Crippen LogP contribution is 2.35. The van der Waals surface area contributed by atoms with E-state index in [4.69, 9.17) is 11.6 Å². The second-order valence-electron chi connectivity index (χ2n) is 3.80. The van der Waals surface area contributed by atoms with E-state index in [1.165, 1.54) is 29.7 Å². The van der Waals surface area contributed by atoms with Crippen LogP contribution in [0.2, 0.25) is 5.15 Å². The van der Waals surface area contributed by atoms with Gasteiger partial charge in [-0.15, -0.1) is 11.3 Å². The zero-order chi connectivity index (χ0) is 14.2. The lowest BCUT2D eigenvalue weighted by Gasteiger charge is -2.00. The largest absolute Gasteiger partial charge is 0.243 e. The maximum Gasteiger partial charge on any atom is 0.238 e. The Morgan fingerprint density at radius 3 is 2.65 bits per heavy atom. The minimum Gasteiger partial charge on any atom is -0.243 e. The molecule has 0 bridgehead atoms. The van der Waals surface area contributed by atoms with Gasteiger partial charge in [0.2, 0.25) is 8.87 Å². The lowest BCUT2D eigenvalue weighted by Crippen LogP contribution is -1.95. The van der Waals surface area contributed by atoms with E-state index in [0.29, 0.717) is 4.34 Å². The predicted molar refractivity (Wildman–Crippen MR) is 81.9 cm³/mol. The summed E-state index contributed by atoms with van der Waals surface area (Å²) in [4.78, 5) is 8.20. The van der Waals surface area contributed by atoms with E-state index in [0.717, 1.165) is 21.0 Å². The van der Waals surface area contributed by atoms with Crippen molar-refractivity contribution in [2.75, 3.05) is 0 Å². The first-order valence-corrected chi connectivity index (χ1v) is 9.47. The predicted octanol–water partition coefficient (Wildman–Crippen LogP) is 3.83. The van der Waals surface area contributed by atoms with Crippen LogP contribution >= 0.6 is 33.7 Å². The molecule has 1 aromatic carbocycles. The molecule has 8 heteroatoms. The first-order chi connectivity index (χ1) is 9.54. The molecule has 3 rings (SSSR count). The van der Waals surface area contributed by atoms with Crippen molar-refractivity contribution in [3.8, 4) is 0 Å². The van der Waals surface area contributed by atoms with Crippen LogP contribution in [-0.2, 0) is 8.87 Å². The van der Waals surface area contributed by atoms with Crippen molar-refractivity contribution in [2.45, 2.75) is 9.24 Å². The second kappa shape index (κ2) is 5.33. The quantitative estimate of drug-likeness (QED) is 0.535. The third-order valence-electron chi connectivity index (χ3n) is 2.44. The van der Waals surface area contributed by atoms with E-state index in [1.54, 1.807) is 0 Å². The van der Waals surface area contributed by atoms with Crippen molar-refractivity contribution < 1.29 is 8.42 Å². The highest BCUT2D eigenvalue weighted by Gasteiger charge is 2.19. The molecule has 0 aliphatic rings. The molecule has 0 atom stereocenters. The maximum atomic E-state index is 12.2. The SMILES string of the molecule is O=S(=O)(Sc1nc2ccccc2s1)c1ccc(Cl)nc1. The van der Waals surface area contributed by atoms with Gasteiger partial charge < -0.3 is 0 Å². The summed E-state index contributed by atoms with van der Waals surface area (Å²) < 4.78 is 25.9. The molecule has 0 fully saturated rings. The molecule has 20 heavy (non-hydrogen) atoms. The summed E-state index contributed by atoms with van der Waals surface area (Å²) in [6, 6.07) is 10.4. The number of rotatable bonds is 3. The van der Waals surface area contributed by atoms with Crippen molar-refractivity contribution in [1.29, 1.82) is 0 Å². The van der Waals surface area contributed by atoms with Gasteiger partial charge in [-0.25, -0.2) is 18.4 Å². The number of thiazole rings is 1. The Morgan fingerprint density at radius 2 is 1.95 bits per heavy atom. The molecular formula is C12H7ClN2O2S3. The minimum atomic E-state index is -3.53. The molecule has 2 aromatic heterocycles. The molecule has 0 radical (unpaired) electrons. The summed E-state index contributed by atoms with van der Waals surface area (Å²) in [5, 5.41) is 0.258. The highest BCUT2D eigenvalue weighted by atomic mass is 35.5. The molecule has 0 amide bonds. The van der Waals surface area contributed by atoms with Gasteiger partial charge in [0.1, 0.15) is 5.15 Å². The monoisotopic (exact) mass is 342 g/mol. The van der Waals surface area contributed by atoms with Gasteiger partial charge in [0.25, 0.3) is 0 Å². The van der Waals surface area contributed by atoms with E-state index >= 15 is 0 Å².